The van der Waals surface area contributed by atoms with Crippen molar-refractivity contribution < 1.29 is 22.3 Å². The van der Waals surface area contributed by atoms with E-state index in [2.05, 4.69) is 10.3 Å². The van der Waals surface area contributed by atoms with Crippen LogP contribution in [0.2, 0.25) is 0 Å². The van der Waals surface area contributed by atoms with Gasteiger partial charge in [0.25, 0.3) is 0 Å². The Kier molecular flexibility index (Phi) is 5.06. The number of halogens is 3. The minimum Gasteiger partial charge on any atom is -0.440 e. The molecule has 0 bridgehead atoms. The average molecular weight is 356 g/mol. The number of benzene rings is 1. The predicted octanol–water partition coefficient (Wildman–Crippen LogP) is 4.63. The molecule has 1 aromatic carbocycles. The largest absolute Gasteiger partial charge is 0.440 e. The molecule has 1 N–H and O–H groups in total. The van der Waals surface area contributed by atoms with Gasteiger partial charge in [0.2, 0.25) is 0 Å². The van der Waals surface area contributed by atoms with Gasteiger partial charge in [-0.05, 0) is 37.0 Å². The van der Waals surface area contributed by atoms with Crippen molar-refractivity contribution in [1.82, 2.24) is 10.3 Å². The van der Waals surface area contributed by atoms with Crippen LogP contribution in [0.4, 0.5) is 13.2 Å². The molecule has 1 heterocycles. The Morgan fingerprint density at radius 2 is 2.08 bits per heavy atom. The fraction of sp³-hybridized carbons (Fsp3) is 0.611. The second-order valence-electron chi connectivity index (χ2n) is 6.89. The first kappa shape index (κ1) is 18.2. The van der Waals surface area contributed by atoms with Crippen LogP contribution < -0.4 is 5.32 Å². The Morgan fingerprint density at radius 3 is 2.72 bits per heavy atom. The highest BCUT2D eigenvalue weighted by molar-refractivity contribution is 5.78. The van der Waals surface area contributed by atoms with Gasteiger partial charge < -0.3 is 14.5 Å². The molecule has 1 aliphatic carbocycles. The van der Waals surface area contributed by atoms with Crippen molar-refractivity contribution >= 4 is 11.1 Å². The first-order valence-corrected chi connectivity index (χ1v) is 8.56. The van der Waals surface area contributed by atoms with Crippen molar-refractivity contribution in [3.8, 4) is 0 Å². The summed E-state index contributed by atoms with van der Waals surface area (Å²) in [7, 11) is 1.67. The van der Waals surface area contributed by atoms with E-state index in [0.29, 0.717) is 18.0 Å². The highest BCUT2D eigenvalue weighted by Crippen LogP contribution is 2.37. The van der Waals surface area contributed by atoms with Gasteiger partial charge in [-0.25, -0.2) is 4.98 Å². The number of ether oxygens (including phenoxy) is 1. The Morgan fingerprint density at radius 1 is 1.32 bits per heavy atom. The van der Waals surface area contributed by atoms with Crippen molar-refractivity contribution in [3.05, 3.63) is 29.2 Å². The topological polar surface area (TPSA) is 47.3 Å². The van der Waals surface area contributed by atoms with E-state index in [0.717, 1.165) is 25.3 Å². The summed E-state index contributed by atoms with van der Waals surface area (Å²) >= 11 is 0. The quantitative estimate of drug-likeness (QED) is 0.849. The van der Waals surface area contributed by atoms with E-state index in [1.807, 2.05) is 13.8 Å². The lowest BCUT2D eigenvalue weighted by Gasteiger charge is -2.20. The van der Waals surface area contributed by atoms with Gasteiger partial charge in [0.15, 0.2) is 11.5 Å². The van der Waals surface area contributed by atoms with E-state index in [1.54, 1.807) is 13.2 Å². The SMILES string of the molecule is CO[C@@H]1CCC[C@H]1NCc1cc(C(F)(F)F)c2oc(C(C)C)nc2c1. The zero-order chi connectivity index (χ0) is 18.2. The van der Waals surface area contributed by atoms with E-state index in [4.69, 9.17) is 9.15 Å². The molecule has 1 aliphatic rings. The van der Waals surface area contributed by atoms with Gasteiger partial charge in [-0.1, -0.05) is 13.8 Å². The number of nitrogens with one attached hydrogen (secondary N) is 1. The first-order valence-electron chi connectivity index (χ1n) is 8.56. The molecule has 2 aromatic rings. The summed E-state index contributed by atoms with van der Waals surface area (Å²) in [6.07, 6.45) is -1.37. The Balaban J connectivity index is 1.90. The van der Waals surface area contributed by atoms with E-state index >= 15 is 0 Å². The maximum atomic E-state index is 13.4. The van der Waals surface area contributed by atoms with Crippen molar-refractivity contribution in [1.29, 1.82) is 0 Å². The average Bonchev–Trinajstić information content (AvgIpc) is 3.17. The lowest BCUT2D eigenvalue weighted by atomic mass is 10.1. The Hall–Kier alpha value is -1.60. The van der Waals surface area contributed by atoms with E-state index in [1.165, 1.54) is 0 Å². The van der Waals surface area contributed by atoms with Gasteiger partial charge in [-0.2, -0.15) is 13.2 Å². The smallest absolute Gasteiger partial charge is 0.420 e. The summed E-state index contributed by atoms with van der Waals surface area (Å²) in [6.45, 7) is 4.02. The van der Waals surface area contributed by atoms with Crippen molar-refractivity contribution in [3.63, 3.8) is 0 Å². The van der Waals surface area contributed by atoms with E-state index in [9.17, 15) is 13.2 Å². The van der Waals surface area contributed by atoms with E-state index in [-0.39, 0.29) is 29.2 Å². The molecule has 0 amide bonds. The summed E-state index contributed by atoms with van der Waals surface area (Å²) in [5, 5.41) is 3.32. The molecule has 1 saturated carbocycles. The minimum atomic E-state index is -4.48. The van der Waals surface area contributed by atoms with Gasteiger partial charge in [-0.15, -0.1) is 0 Å². The third kappa shape index (κ3) is 3.82. The van der Waals surface area contributed by atoms with E-state index < -0.39 is 11.7 Å². The molecule has 2 atom stereocenters. The van der Waals surface area contributed by atoms with Gasteiger partial charge in [-0.3, -0.25) is 0 Å². The molecule has 0 radical (unpaired) electrons. The lowest BCUT2D eigenvalue weighted by molar-refractivity contribution is -0.136. The molecule has 0 aliphatic heterocycles. The van der Waals surface area contributed by atoms with Crippen LogP contribution in [0.1, 0.15) is 56.0 Å². The molecule has 1 aromatic heterocycles. The van der Waals surface area contributed by atoms with Gasteiger partial charge in [0.1, 0.15) is 11.1 Å². The Bertz CT molecular complexity index is 740. The predicted molar refractivity (Wildman–Crippen MR) is 88.4 cm³/mol. The normalized spacial score (nSPS) is 21.6. The minimum absolute atomic E-state index is 0.0731. The third-order valence-electron chi connectivity index (χ3n) is 4.69. The number of nitrogens with zero attached hydrogens (tertiary/aromatic N) is 1. The monoisotopic (exact) mass is 356 g/mol. The molecule has 138 valence electrons. The summed E-state index contributed by atoms with van der Waals surface area (Å²) in [5.74, 6) is 0.247. The lowest BCUT2D eigenvalue weighted by Crippen LogP contribution is -2.36. The maximum absolute atomic E-state index is 13.4. The van der Waals surface area contributed by atoms with Crippen LogP contribution in [0.5, 0.6) is 0 Å². The maximum Gasteiger partial charge on any atom is 0.420 e. The van der Waals surface area contributed by atoms with Crippen molar-refractivity contribution in [2.24, 2.45) is 0 Å². The summed E-state index contributed by atoms with van der Waals surface area (Å²) < 4.78 is 51.1. The molecule has 4 nitrogen and oxygen atoms in total. The molecule has 3 rings (SSSR count). The zero-order valence-electron chi connectivity index (χ0n) is 14.6. The molecule has 0 unspecified atom stereocenters. The number of oxazole rings is 1. The van der Waals surface area contributed by atoms with Crippen LogP contribution in [0.3, 0.4) is 0 Å². The zero-order valence-corrected chi connectivity index (χ0v) is 14.6. The van der Waals surface area contributed by atoms with Crippen LogP contribution in [0, 0.1) is 0 Å². The number of hydrogen-bond donors (Lipinski definition) is 1. The molecular weight excluding hydrogens is 333 g/mol. The molecule has 7 heteroatoms. The fourth-order valence-corrected chi connectivity index (χ4v) is 3.36. The van der Waals surface area contributed by atoms with Crippen LogP contribution >= 0.6 is 0 Å². The van der Waals surface area contributed by atoms with Crippen LogP contribution in [-0.2, 0) is 17.5 Å². The number of aromatic nitrogens is 1. The number of hydrogen-bond acceptors (Lipinski definition) is 4. The Labute approximate surface area is 144 Å². The number of methoxy groups -OCH3 is 1. The van der Waals surface area contributed by atoms with Gasteiger partial charge in [0.05, 0.1) is 6.10 Å². The molecule has 0 saturated heterocycles. The molecule has 0 spiro atoms. The third-order valence-corrected chi connectivity index (χ3v) is 4.69. The summed E-state index contributed by atoms with van der Waals surface area (Å²) in [6, 6.07) is 2.99. The highest BCUT2D eigenvalue weighted by Gasteiger charge is 2.36. The molecule has 1 fully saturated rings. The number of alkyl halides is 3. The van der Waals surface area contributed by atoms with Crippen LogP contribution in [0.15, 0.2) is 16.5 Å². The summed E-state index contributed by atoms with van der Waals surface area (Å²) in [5.41, 5.74) is -0.151. The standard InChI is InChI=1S/C18H23F3N2O2/c1-10(2)17-23-14-8-11(7-12(16(14)25-17)18(19,20)21)9-22-13-5-4-6-15(13)24-3/h7-8,10,13,15,22H,4-6,9H2,1-3H3/t13-,15-/m1/s1. The van der Waals surface area contributed by atoms with Gasteiger partial charge >= 0.3 is 6.18 Å². The number of fused-ring (bicyclic) bond motifs is 1. The first-order chi connectivity index (χ1) is 11.8. The van der Waals surface area contributed by atoms with Crippen molar-refractivity contribution in [2.75, 3.05) is 7.11 Å². The summed E-state index contributed by atoms with van der Waals surface area (Å²) in [4.78, 5) is 4.24. The fourth-order valence-electron chi connectivity index (χ4n) is 3.36. The van der Waals surface area contributed by atoms with Crippen LogP contribution in [0.25, 0.3) is 11.1 Å². The van der Waals surface area contributed by atoms with Gasteiger partial charge in [0, 0.05) is 25.6 Å². The second kappa shape index (κ2) is 6.96. The highest BCUT2D eigenvalue weighted by atomic mass is 19.4. The van der Waals surface area contributed by atoms with Crippen LogP contribution in [-0.4, -0.2) is 24.2 Å². The molecule has 25 heavy (non-hydrogen) atoms. The van der Waals surface area contributed by atoms with Crippen molar-refractivity contribution in [2.45, 2.75) is 63.9 Å². The second-order valence-corrected chi connectivity index (χ2v) is 6.89. The number of rotatable bonds is 5. The molecular formula is C18H23F3N2O2.